The van der Waals surface area contributed by atoms with Crippen LogP contribution in [0.1, 0.15) is 47.8 Å². The molecule has 1 saturated heterocycles. The highest BCUT2D eigenvalue weighted by atomic mass is 32.1. The lowest BCUT2D eigenvalue weighted by Gasteiger charge is -2.37. The van der Waals surface area contributed by atoms with Crippen molar-refractivity contribution in [2.24, 2.45) is 0 Å². The van der Waals surface area contributed by atoms with Crippen molar-refractivity contribution in [3.63, 3.8) is 0 Å². The molecule has 1 fully saturated rings. The van der Waals surface area contributed by atoms with Gasteiger partial charge in [0.2, 0.25) is 12.7 Å². The predicted octanol–water partition coefficient (Wildman–Crippen LogP) is 3.76. The molecule has 1 aromatic carbocycles. The Kier molecular flexibility index (Phi) is 6.54. The highest BCUT2D eigenvalue weighted by molar-refractivity contribution is 7.16. The number of aryl methyl sites for hydroxylation is 1. The largest absolute Gasteiger partial charge is 0.454 e. The number of nitrogens with zero attached hydrogens (tertiary/aromatic N) is 3. The summed E-state index contributed by atoms with van der Waals surface area (Å²) in [5.41, 5.74) is 3.06. The molecule has 1 aromatic heterocycles. The summed E-state index contributed by atoms with van der Waals surface area (Å²) in [7, 11) is 0. The molecule has 3 heterocycles. The number of hydrogen-bond acceptors (Lipinski definition) is 7. The molecule has 174 valence electrons. The van der Waals surface area contributed by atoms with Crippen LogP contribution in [-0.2, 0) is 24.2 Å². The second kappa shape index (κ2) is 9.72. The molecule has 1 amide bonds. The van der Waals surface area contributed by atoms with Gasteiger partial charge in [-0.25, -0.2) is 0 Å². The van der Waals surface area contributed by atoms with E-state index in [1.807, 2.05) is 13.0 Å². The predicted molar refractivity (Wildman–Crippen MR) is 128 cm³/mol. The molecular weight excluding hydrogens is 436 g/mol. The fourth-order valence-corrected chi connectivity index (χ4v) is 6.18. The minimum Gasteiger partial charge on any atom is -0.454 e. The van der Waals surface area contributed by atoms with Gasteiger partial charge in [0, 0.05) is 37.6 Å². The minimum absolute atomic E-state index is 0.0212. The summed E-state index contributed by atoms with van der Waals surface area (Å²) >= 11 is 1.60. The molecule has 0 spiro atoms. The summed E-state index contributed by atoms with van der Waals surface area (Å²) in [4.78, 5) is 19.0. The number of hydrogen-bond donors (Lipinski definition) is 1. The van der Waals surface area contributed by atoms with Crippen molar-refractivity contribution in [3.05, 3.63) is 39.8 Å². The molecule has 1 unspecified atom stereocenters. The zero-order valence-corrected chi connectivity index (χ0v) is 19.9. The van der Waals surface area contributed by atoms with E-state index in [1.165, 1.54) is 28.8 Å². The molecule has 2 aliphatic heterocycles. The second-order valence-corrected chi connectivity index (χ2v) is 10.2. The lowest BCUT2D eigenvalue weighted by atomic mass is 10.1. The van der Waals surface area contributed by atoms with E-state index >= 15 is 0 Å². The monoisotopic (exact) mass is 466 g/mol. The fourth-order valence-electron chi connectivity index (χ4n) is 4.94. The number of piperazine rings is 1. The highest BCUT2D eigenvalue weighted by Gasteiger charge is 2.28. The number of anilines is 1. The number of nitrogens with one attached hydrogen (secondary N) is 1. The molecule has 33 heavy (non-hydrogen) atoms. The van der Waals surface area contributed by atoms with Crippen LogP contribution >= 0.6 is 11.3 Å². The topological polar surface area (TPSA) is 77.8 Å². The fraction of sp³-hybridized carbons (Fsp3) is 0.520. The number of carbonyl (C=O) groups is 1. The van der Waals surface area contributed by atoms with Crippen LogP contribution < -0.4 is 14.8 Å². The van der Waals surface area contributed by atoms with Crippen molar-refractivity contribution >= 4 is 22.2 Å². The Hall–Kier alpha value is -2.60. The molecule has 5 rings (SSSR count). The Morgan fingerprint density at radius 3 is 2.76 bits per heavy atom. The van der Waals surface area contributed by atoms with Gasteiger partial charge < -0.3 is 14.8 Å². The summed E-state index contributed by atoms with van der Waals surface area (Å²) in [5.74, 6) is 1.61. The standard InChI is InChI=1S/C25H30N4O3S/c1-17(24(30)27-25-20(14-26)19-5-3-2-4-6-23(19)33-25)29-11-9-28(10-12-29)15-18-7-8-21-22(13-18)32-16-31-21/h7-8,13,17H,2-6,9-12,15-16H2,1H3,(H,27,30). The summed E-state index contributed by atoms with van der Waals surface area (Å²) < 4.78 is 10.9. The number of benzene rings is 1. The maximum absolute atomic E-state index is 13.0. The molecule has 1 atom stereocenters. The smallest absolute Gasteiger partial charge is 0.242 e. The van der Waals surface area contributed by atoms with Gasteiger partial charge in [-0.3, -0.25) is 14.6 Å². The number of fused-ring (bicyclic) bond motifs is 2. The van der Waals surface area contributed by atoms with Gasteiger partial charge in [-0.15, -0.1) is 11.3 Å². The van der Waals surface area contributed by atoms with Gasteiger partial charge in [0.25, 0.3) is 0 Å². The molecular formula is C25H30N4O3S. The third kappa shape index (κ3) is 4.72. The highest BCUT2D eigenvalue weighted by Crippen LogP contribution is 2.37. The summed E-state index contributed by atoms with van der Waals surface area (Å²) in [6.07, 6.45) is 5.47. The molecule has 8 heteroatoms. The van der Waals surface area contributed by atoms with Crippen molar-refractivity contribution in [1.29, 1.82) is 5.26 Å². The first-order valence-electron chi connectivity index (χ1n) is 11.8. The number of ether oxygens (including phenoxy) is 2. The maximum Gasteiger partial charge on any atom is 0.242 e. The average molecular weight is 467 g/mol. The number of nitriles is 1. The third-order valence-corrected chi connectivity index (χ3v) is 8.15. The lowest BCUT2D eigenvalue weighted by Crippen LogP contribution is -2.52. The number of carbonyl (C=O) groups excluding carboxylic acids is 1. The zero-order chi connectivity index (χ0) is 22.8. The third-order valence-electron chi connectivity index (χ3n) is 6.95. The van der Waals surface area contributed by atoms with Gasteiger partial charge in [-0.05, 0) is 55.9 Å². The molecule has 7 nitrogen and oxygen atoms in total. The molecule has 0 saturated carbocycles. The van der Waals surface area contributed by atoms with Crippen molar-refractivity contribution in [2.75, 3.05) is 38.3 Å². The summed E-state index contributed by atoms with van der Waals surface area (Å²) in [6, 6.07) is 8.24. The van der Waals surface area contributed by atoms with Crippen LogP contribution in [0.3, 0.4) is 0 Å². The molecule has 1 aliphatic carbocycles. The normalized spacial score (nSPS) is 19.4. The average Bonchev–Trinajstić information content (AvgIpc) is 3.35. The van der Waals surface area contributed by atoms with Gasteiger partial charge >= 0.3 is 0 Å². The maximum atomic E-state index is 13.0. The van der Waals surface area contributed by atoms with Gasteiger partial charge in [0.05, 0.1) is 11.6 Å². The number of rotatable bonds is 5. The Balaban J connectivity index is 1.16. The van der Waals surface area contributed by atoms with Crippen molar-refractivity contribution in [3.8, 4) is 17.6 Å². The van der Waals surface area contributed by atoms with Crippen LogP contribution in [0.5, 0.6) is 11.5 Å². The second-order valence-electron chi connectivity index (χ2n) is 9.05. The zero-order valence-electron chi connectivity index (χ0n) is 19.1. The Labute approximate surface area is 198 Å². The first-order valence-corrected chi connectivity index (χ1v) is 12.6. The van der Waals surface area contributed by atoms with Crippen LogP contribution in [0.4, 0.5) is 5.00 Å². The van der Waals surface area contributed by atoms with Crippen LogP contribution in [0.25, 0.3) is 0 Å². The van der Waals surface area contributed by atoms with E-state index < -0.39 is 0 Å². The van der Waals surface area contributed by atoms with Gasteiger partial charge in [0.1, 0.15) is 11.1 Å². The quantitative estimate of drug-likeness (QED) is 0.676. The van der Waals surface area contributed by atoms with Crippen LogP contribution in [-0.4, -0.2) is 54.7 Å². The Bertz CT molecular complexity index is 1070. The van der Waals surface area contributed by atoms with Crippen LogP contribution in [0.15, 0.2) is 18.2 Å². The van der Waals surface area contributed by atoms with Gasteiger partial charge in [0.15, 0.2) is 11.5 Å². The van der Waals surface area contributed by atoms with E-state index in [1.54, 1.807) is 11.3 Å². The van der Waals surface area contributed by atoms with E-state index in [2.05, 4.69) is 33.3 Å². The molecule has 0 radical (unpaired) electrons. The molecule has 1 N–H and O–H groups in total. The SMILES string of the molecule is CC(C(=O)Nc1sc2c(c1C#N)CCCCC2)N1CCN(Cc2ccc3c(c2)OCO3)CC1. The summed E-state index contributed by atoms with van der Waals surface area (Å²) in [6.45, 7) is 6.61. The van der Waals surface area contributed by atoms with E-state index in [0.717, 1.165) is 68.5 Å². The Morgan fingerprint density at radius 2 is 1.94 bits per heavy atom. The van der Waals surface area contributed by atoms with Crippen LogP contribution in [0, 0.1) is 11.3 Å². The first kappa shape index (κ1) is 22.2. The van der Waals surface area contributed by atoms with Crippen molar-refractivity contribution < 1.29 is 14.3 Å². The minimum atomic E-state index is -0.230. The van der Waals surface area contributed by atoms with E-state index in [4.69, 9.17) is 9.47 Å². The van der Waals surface area contributed by atoms with Crippen molar-refractivity contribution in [2.45, 2.75) is 51.6 Å². The first-order chi connectivity index (χ1) is 16.1. The molecule has 0 bridgehead atoms. The van der Waals surface area contributed by atoms with Gasteiger partial charge in [-0.2, -0.15) is 5.26 Å². The van der Waals surface area contributed by atoms with Crippen molar-refractivity contribution in [1.82, 2.24) is 9.80 Å². The number of thiophene rings is 1. The van der Waals surface area contributed by atoms with E-state index in [9.17, 15) is 10.1 Å². The van der Waals surface area contributed by atoms with E-state index in [0.29, 0.717) is 12.4 Å². The van der Waals surface area contributed by atoms with E-state index in [-0.39, 0.29) is 11.9 Å². The number of amides is 1. The lowest BCUT2D eigenvalue weighted by molar-refractivity contribution is -0.121. The van der Waals surface area contributed by atoms with Gasteiger partial charge in [-0.1, -0.05) is 12.5 Å². The summed E-state index contributed by atoms with van der Waals surface area (Å²) in [5, 5.41) is 13.6. The molecule has 3 aliphatic rings. The van der Waals surface area contributed by atoms with Crippen LogP contribution in [0.2, 0.25) is 0 Å². The molecule has 2 aromatic rings. The Morgan fingerprint density at radius 1 is 1.15 bits per heavy atom.